The van der Waals surface area contributed by atoms with Crippen LogP contribution in [0.5, 0.6) is 11.5 Å². The van der Waals surface area contributed by atoms with E-state index in [9.17, 15) is 4.79 Å². The average molecular weight is 392 g/mol. The minimum Gasteiger partial charge on any atom is -0.497 e. The number of aromatic nitrogens is 2. The topological polar surface area (TPSA) is 64.9 Å². The minimum atomic E-state index is -0.265. The van der Waals surface area contributed by atoms with Gasteiger partial charge in [0.25, 0.3) is 0 Å². The first kappa shape index (κ1) is 18.3. The van der Waals surface area contributed by atoms with Crippen molar-refractivity contribution in [2.24, 2.45) is 0 Å². The predicted octanol–water partition coefficient (Wildman–Crippen LogP) is 3.96. The molecule has 0 spiro atoms. The lowest BCUT2D eigenvalue weighted by atomic mass is 10.1. The normalized spacial score (nSPS) is 12.5. The van der Waals surface area contributed by atoms with Crippen molar-refractivity contribution in [1.82, 2.24) is 14.7 Å². The molecular weight excluding hydrogens is 374 g/mol. The summed E-state index contributed by atoms with van der Waals surface area (Å²) < 4.78 is 12.5. The highest BCUT2D eigenvalue weighted by Gasteiger charge is 2.15. The van der Waals surface area contributed by atoms with Gasteiger partial charge >= 0.3 is 0 Å². The maximum atomic E-state index is 12.3. The fraction of sp³-hybridized carbons (Fsp3) is 0.222. The third-order valence-corrected chi connectivity index (χ3v) is 4.94. The molecule has 1 atom stereocenters. The number of fused-ring (bicyclic) bond motifs is 1. The lowest BCUT2D eigenvalue weighted by Crippen LogP contribution is -2.25. The SMILES string of the molecule is COc1ccc(OC)c(C(C)NC(=O)C=Cc2c(Cl)nc3sccn23)c1. The molecule has 6 nitrogen and oxygen atoms in total. The lowest BCUT2D eigenvalue weighted by Gasteiger charge is -2.17. The molecule has 3 rings (SSSR count). The van der Waals surface area contributed by atoms with E-state index in [1.807, 2.05) is 41.1 Å². The van der Waals surface area contributed by atoms with Crippen molar-refractivity contribution in [2.75, 3.05) is 14.2 Å². The van der Waals surface area contributed by atoms with Gasteiger partial charge in [-0.15, -0.1) is 11.3 Å². The van der Waals surface area contributed by atoms with E-state index in [-0.39, 0.29) is 11.9 Å². The molecule has 0 fully saturated rings. The van der Waals surface area contributed by atoms with Crippen LogP contribution in [0.2, 0.25) is 5.15 Å². The van der Waals surface area contributed by atoms with Crippen molar-refractivity contribution in [1.29, 1.82) is 0 Å². The van der Waals surface area contributed by atoms with E-state index in [0.717, 1.165) is 10.5 Å². The Balaban J connectivity index is 1.75. The highest BCUT2D eigenvalue weighted by Crippen LogP contribution is 2.29. The molecule has 0 aliphatic heterocycles. The van der Waals surface area contributed by atoms with Gasteiger partial charge in [0.1, 0.15) is 11.5 Å². The fourth-order valence-electron chi connectivity index (χ4n) is 2.60. The van der Waals surface area contributed by atoms with Gasteiger partial charge in [-0.1, -0.05) is 11.6 Å². The van der Waals surface area contributed by atoms with Gasteiger partial charge < -0.3 is 14.8 Å². The highest BCUT2D eigenvalue weighted by atomic mass is 35.5. The molecule has 0 aliphatic carbocycles. The molecule has 1 aromatic carbocycles. The van der Waals surface area contributed by atoms with E-state index < -0.39 is 0 Å². The van der Waals surface area contributed by atoms with Crippen LogP contribution < -0.4 is 14.8 Å². The quantitative estimate of drug-likeness (QED) is 0.646. The van der Waals surface area contributed by atoms with Crippen molar-refractivity contribution in [3.63, 3.8) is 0 Å². The number of ether oxygens (including phenoxy) is 2. The summed E-state index contributed by atoms with van der Waals surface area (Å²) in [5.74, 6) is 1.13. The van der Waals surface area contributed by atoms with Crippen molar-refractivity contribution >= 4 is 39.9 Å². The number of thiazole rings is 1. The molecule has 0 bridgehead atoms. The van der Waals surface area contributed by atoms with Gasteiger partial charge in [-0.05, 0) is 31.2 Å². The number of carbonyl (C=O) groups is 1. The third kappa shape index (κ3) is 3.68. The Bertz CT molecular complexity index is 964. The highest BCUT2D eigenvalue weighted by molar-refractivity contribution is 7.15. The molecule has 2 heterocycles. The predicted molar refractivity (Wildman–Crippen MR) is 103 cm³/mol. The summed E-state index contributed by atoms with van der Waals surface area (Å²) in [5.41, 5.74) is 1.50. The van der Waals surface area contributed by atoms with Crippen molar-refractivity contribution in [2.45, 2.75) is 13.0 Å². The molecule has 3 aromatic rings. The van der Waals surface area contributed by atoms with Crippen LogP contribution in [0.15, 0.2) is 35.9 Å². The summed E-state index contributed by atoms with van der Waals surface area (Å²) in [6.45, 7) is 1.88. The first-order chi connectivity index (χ1) is 12.5. The van der Waals surface area contributed by atoms with Gasteiger partial charge in [0.15, 0.2) is 10.1 Å². The number of carbonyl (C=O) groups excluding carboxylic acids is 1. The number of nitrogens with one attached hydrogen (secondary N) is 1. The molecule has 1 N–H and O–H groups in total. The van der Waals surface area contributed by atoms with E-state index in [0.29, 0.717) is 22.3 Å². The summed E-state index contributed by atoms with van der Waals surface area (Å²) in [4.78, 5) is 17.3. The zero-order valence-corrected chi connectivity index (χ0v) is 16.1. The monoisotopic (exact) mass is 391 g/mol. The van der Waals surface area contributed by atoms with Crippen LogP contribution in [-0.4, -0.2) is 29.5 Å². The zero-order chi connectivity index (χ0) is 18.7. The molecule has 8 heteroatoms. The smallest absolute Gasteiger partial charge is 0.244 e. The van der Waals surface area contributed by atoms with Gasteiger partial charge in [-0.3, -0.25) is 9.20 Å². The summed E-state index contributed by atoms with van der Waals surface area (Å²) in [5, 5.41) is 5.19. The number of imidazole rings is 1. The maximum absolute atomic E-state index is 12.3. The van der Waals surface area contributed by atoms with Gasteiger partial charge in [-0.25, -0.2) is 4.98 Å². The van der Waals surface area contributed by atoms with Crippen molar-refractivity contribution < 1.29 is 14.3 Å². The van der Waals surface area contributed by atoms with E-state index in [2.05, 4.69) is 10.3 Å². The molecule has 1 amide bonds. The number of benzene rings is 1. The number of hydrogen-bond donors (Lipinski definition) is 1. The van der Waals surface area contributed by atoms with Crippen LogP contribution in [0.3, 0.4) is 0 Å². The average Bonchev–Trinajstić information content (AvgIpc) is 3.20. The molecule has 0 aliphatic rings. The Morgan fingerprint density at radius 2 is 2.19 bits per heavy atom. The molecule has 0 radical (unpaired) electrons. The van der Waals surface area contributed by atoms with Crippen molar-refractivity contribution in [3.05, 3.63) is 52.3 Å². The summed E-state index contributed by atoms with van der Waals surface area (Å²) in [6.07, 6.45) is 4.95. The number of nitrogens with zero attached hydrogens (tertiary/aromatic N) is 2. The standard InChI is InChI=1S/C18H18ClN3O3S/c1-11(13-10-12(24-2)4-6-15(13)25-3)20-16(23)7-5-14-17(19)21-18-22(14)8-9-26-18/h4-11H,1-3H3,(H,20,23). The molecule has 0 saturated carbocycles. The molecule has 0 saturated heterocycles. The number of methoxy groups -OCH3 is 2. The van der Waals surface area contributed by atoms with Crippen LogP contribution in [-0.2, 0) is 4.79 Å². The Hall–Kier alpha value is -2.51. The first-order valence-electron chi connectivity index (χ1n) is 7.85. The second-order valence-corrected chi connectivity index (χ2v) is 6.75. The number of hydrogen-bond acceptors (Lipinski definition) is 5. The van der Waals surface area contributed by atoms with Crippen molar-refractivity contribution in [3.8, 4) is 11.5 Å². The van der Waals surface area contributed by atoms with Gasteiger partial charge in [-0.2, -0.15) is 0 Å². The summed E-state index contributed by atoms with van der Waals surface area (Å²) in [7, 11) is 3.19. The van der Waals surface area contributed by atoms with E-state index >= 15 is 0 Å². The van der Waals surface area contributed by atoms with E-state index in [1.54, 1.807) is 20.3 Å². The van der Waals surface area contributed by atoms with Crippen LogP contribution in [0.25, 0.3) is 11.0 Å². The fourth-order valence-corrected chi connectivity index (χ4v) is 3.60. The van der Waals surface area contributed by atoms with Crippen LogP contribution >= 0.6 is 22.9 Å². The van der Waals surface area contributed by atoms with Crippen LogP contribution in [0.1, 0.15) is 24.2 Å². The Kier molecular flexibility index (Phi) is 5.49. The zero-order valence-electron chi connectivity index (χ0n) is 14.5. The Morgan fingerprint density at radius 3 is 2.92 bits per heavy atom. The van der Waals surface area contributed by atoms with Gasteiger partial charge in [0, 0.05) is 23.2 Å². The molecule has 1 unspecified atom stereocenters. The first-order valence-corrected chi connectivity index (χ1v) is 9.10. The number of rotatable bonds is 6. The molecule has 26 heavy (non-hydrogen) atoms. The van der Waals surface area contributed by atoms with Gasteiger partial charge in [0.05, 0.1) is 26.0 Å². The largest absolute Gasteiger partial charge is 0.497 e. The molecule has 2 aromatic heterocycles. The van der Waals surface area contributed by atoms with Gasteiger partial charge in [0.2, 0.25) is 5.91 Å². The lowest BCUT2D eigenvalue weighted by molar-refractivity contribution is -0.117. The van der Waals surface area contributed by atoms with E-state index in [1.165, 1.54) is 17.4 Å². The molecular formula is C18H18ClN3O3S. The summed E-state index contributed by atoms with van der Waals surface area (Å²) >= 11 is 7.61. The second kappa shape index (κ2) is 7.80. The summed E-state index contributed by atoms with van der Waals surface area (Å²) in [6, 6.07) is 5.20. The van der Waals surface area contributed by atoms with Crippen LogP contribution in [0.4, 0.5) is 0 Å². The van der Waals surface area contributed by atoms with Crippen LogP contribution in [0, 0.1) is 0 Å². The third-order valence-electron chi connectivity index (χ3n) is 3.91. The minimum absolute atomic E-state index is 0.247. The Labute approximate surface area is 160 Å². The van der Waals surface area contributed by atoms with E-state index in [4.69, 9.17) is 21.1 Å². The number of halogens is 1. The second-order valence-electron chi connectivity index (χ2n) is 5.51. The number of amides is 1. The maximum Gasteiger partial charge on any atom is 0.244 e. The molecule has 136 valence electrons. The Morgan fingerprint density at radius 1 is 1.38 bits per heavy atom.